The van der Waals surface area contributed by atoms with Gasteiger partial charge >= 0.3 is 5.97 Å². The maximum Gasteiger partial charge on any atom is 0.305 e. The number of hydrogen-bond acceptors (Lipinski definition) is 3. The Balaban J connectivity index is 1.85. The van der Waals surface area contributed by atoms with Crippen molar-refractivity contribution in [1.29, 1.82) is 0 Å². The molecule has 2 atom stereocenters. The van der Waals surface area contributed by atoms with E-state index in [0.29, 0.717) is 26.7 Å². The molecule has 4 rings (SSSR count). The average molecular weight is 475 g/mol. The number of hydrogen-bond donors (Lipinski definition) is 2. The van der Waals surface area contributed by atoms with Crippen molar-refractivity contribution in [3.8, 4) is 0 Å². The van der Waals surface area contributed by atoms with Gasteiger partial charge in [-0.3, -0.25) is 14.4 Å². The first-order chi connectivity index (χ1) is 15.4. The highest BCUT2D eigenvalue weighted by atomic mass is 35.5. The zero-order valence-corrected chi connectivity index (χ0v) is 18.9. The van der Waals surface area contributed by atoms with E-state index in [1.165, 1.54) is 0 Å². The number of fused-ring (bicyclic) bond motifs is 1. The van der Waals surface area contributed by atoms with Gasteiger partial charge in [0.1, 0.15) is 0 Å². The minimum absolute atomic E-state index is 0.00178. The molecule has 0 spiro atoms. The Kier molecular flexibility index (Phi) is 6.72. The van der Waals surface area contributed by atoms with E-state index in [9.17, 15) is 14.4 Å². The molecule has 2 N–H and O–H groups in total. The van der Waals surface area contributed by atoms with E-state index in [4.69, 9.17) is 28.3 Å². The quantitative estimate of drug-likeness (QED) is 0.628. The number of carboxylic acids is 1. The molecule has 168 valence electrons. The lowest BCUT2D eigenvalue weighted by atomic mass is 9.78. The lowest BCUT2D eigenvalue weighted by Crippen LogP contribution is -2.51. The largest absolute Gasteiger partial charge is 0.481 e. The van der Waals surface area contributed by atoms with Crippen molar-refractivity contribution in [2.45, 2.75) is 50.1 Å². The van der Waals surface area contributed by atoms with Gasteiger partial charge in [-0.25, -0.2) is 0 Å². The third-order valence-electron chi connectivity index (χ3n) is 6.30. The Labute approximate surface area is 196 Å². The van der Waals surface area contributed by atoms with Crippen LogP contribution in [0.2, 0.25) is 10.0 Å². The van der Waals surface area contributed by atoms with Crippen LogP contribution >= 0.6 is 23.2 Å². The number of benzene rings is 2. The first kappa shape index (κ1) is 22.6. The standard InChI is InChI=1S/C24H24Cl2N2O4/c25-14-9-10-18(19(26)13-14)22-21(23(31)27-12-11-20(29)30)16-7-3-4-8-17(16)24(32)28(22)15-5-1-2-6-15/h3-4,7-10,13,15,21-22H,1-2,5-6,11-12H2,(H,27,31)(H,29,30)/t21-,22+/m1/s1. The molecule has 32 heavy (non-hydrogen) atoms. The first-order valence-corrected chi connectivity index (χ1v) is 11.5. The monoisotopic (exact) mass is 474 g/mol. The van der Waals surface area contributed by atoms with Gasteiger partial charge in [-0.1, -0.05) is 60.3 Å². The van der Waals surface area contributed by atoms with Crippen molar-refractivity contribution in [3.05, 3.63) is 69.2 Å². The molecule has 2 aromatic rings. The summed E-state index contributed by atoms with van der Waals surface area (Å²) in [4.78, 5) is 39.9. The number of amides is 2. The fourth-order valence-electron chi connectivity index (χ4n) is 4.89. The fraction of sp³-hybridized carbons (Fsp3) is 0.375. The second kappa shape index (κ2) is 9.51. The Bertz CT molecular complexity index is 1050. The predicted molar refractivity (Wildman–Crippen MR) is 122 cm³/mol. The Hall–Kier alpha value is -2.57. The van der Waals surface area contributed by atoms with Crippen molar-refractivity contribution >= 4 is 41.0 Å². The number of nitrogens with one attached hydrogen (secondary N) is 1. The maximum atomic E-state index is 13.7. The summed E-state index contributed by atoms with van der Waals surface area (Å²) in [7, 11) is 0. The molecule has 0 unspecified atom stereocenters. The Morgan fingerprint density at radius 3 is 2.47 bits per heavy atom. The van der Waals surface area contributed by atoms with E-state index in [1.807, 2.05) is 4.90 Å². The molecule has 6 nitrogen and oxygen atoms in total. The van der Waals surface area contributed by atoms with Crippen LogP contribution in [0.4, 0.5) is 0 Å². The summed E-state index contributed by atoms with van der Waals surface area (Å²) in [5, 5.41) is 12.6. The summed E-state index contributed by atoms with van der Waals surface area (Å²) >= 11 is 12.7. The molecule has 2 aromatic carbocycles. The molecule has 0 bridgehead atoms. The second-order valence-electron chi connectivity index (χ2n) is 8.26. The lowest BCUT2D eigenvalue weighted by Gasteiger charge is -2.45. The highest BCUT2D eigenvalue weighted by molar-refractivity contribution is 6.35. The van der Waals surface area contributed by atoms with Gasteiger partial charge in [0.05, 0.1) is 18.4 Å². The summed E-state index contributed by atoms with van der Waals surface area (Å²) in [6.07, 6.45) is 3.59. The zero-order chi connectivity index (χ0) is 22.8. The number of carbonyl (C=O) groups excluding carboxylic acids is 2. The lowest BCUT2D eigenvalue weighted by molar-refractivity contribution is -0.137. The summed E-state index contributed by atoms with van der Waals surface area (Å²) in [5.74, 6) is -2.16. The van der Waals surface area contributed by atoms with Gasteiger partial charge in [-0.15, -0.1) is 0 Å². The van der Waals surface area contributed by atoms with Gasteiger partial charge in [0, 0.05) is 28.2 Å². The topological polar surface area (TPSA) is 86.7 Å². The van der Waals surface area contributed by atoms with E-state index in [1.54, 1.807) is 42.5 Å². The van der Waals surface area contributed by atoms with Crippen molar-refractivity contribution in [1.82, 2.24) is 10.2 Å². The predicted octanol–water partition coefficient (Wildman–Crippen LogP) is 4.81. The van der Waals surface area contributed by atoms with Crippen LogP contribution in [0.1, 0.15) is 65.5 Å². The van der Waals surface area contributed by atoms with Crippen LogP contribution < -0.4 is 5.32 Å². The van der Waals surface area contributed by atoms with Gasteiger partial charge < -0.3 is 15.3 Å². The molecule has 8 heteroatoms. The molecule has 2 aliphatic rings. The molecule has 1 aliphatic heterocycles. The SMILES string of the molecule is O=C(O)CCNC(=O)[C@@H]1c2ccccc2C(=O)N(C2CCCC2)[C@H]1c1ccc(Cl)cc1Cl. The number of nitrogens with zero attached hydrogens (tertiary/aromatic N) is 1. The molecule has 1 aliphatic carbocycles. The third kappa shape index (κ3) is 4.34. The molecule has 0 aromatic heterocycles. The summed E-state index contributed by atoms with van der Waals surface area (Å²) < 4.78 is 0. The molecular weight excluding hydrogens is 451 g/mol. The maximum absolute atomic E-state index is 13.7. The molecular formula is C24H24Cl2N2O4. The molecule has 1 saturated carbocycles. The van der Waals surface area contributed by atoms with E-state index < -0.39 is 17.9 Å². The normalized spacial score (nSPS) is 20.8. The minimum atomic E-state index is -0.991. The molecule has 0 saturated heterocycles. The summed E-state index contributed by atoms with van der Waals surface area (Å²) in [5.41, 5.74) is 1.78. The van der Waals surface area contributed by atoms with Crippen molar-refractivity contribution in [2.24, 2.45) is 0 Å². The molecule has 1 fully saturated rings. The van der Waals surface area contributed by atoms with E-state index in [0.717, 1.165) is 25.7 Å². The van der Waals surface area contributed by atoms with Crippen LogP contribution in [0, 0.1) is 0 Å². The number of rotatable bonds is 6. The minimum Gasteiger partial charge on any atom is -0.481 e. The van der Waals surface area contributed by atoms with Crippen molar-refractivity contribution in [3.63, 3.8) is 0 Å². The zero-order valence-electron chi connectivity index (χ0n) is 17.4. The average Bonchev–Trinajstić information content (AvgIpc) is 3.28. The van der Waals surface area contributed by atoms with Crippen LogP contribution in [0.15, 0.2) is 42.5 Å². The Morgan fingerprint density at radius 1 is 1.06 bits per heavy atom. The van der Waals surface area contributed by atoms with Gasteiger partial charge in [0.2, 0.25) is 5.91 Å². The first-order valence-electron chi connectivity index (χ1n) is 10.7. The number of carboxylic acid groups (broad SMARTS) is 1. The number of halogens is 2. The van der Waals surface area contributed by atoms with Crippen LogP contribution in [-0.4, -0.2) is 40.4 Å². The van der Waals surface area contributed by atoms with Crippen LogP contribution in [-0.2, 0) is 9.59 Å². The van der Waals surface area contributed by atoms with Crippen molar-refractivity contribution < 1.29 is 19.5 Å². The van der Waals surface area contributed by atoms with Crippen molar-refractivity contribution in [2.75, 3.05) is 6.54 Å². The molecule has 1 heterocycles. The van der Waals surface area contributed by atoms with Gasteiger partial charge in [-0.05, 0) is 42.2 Å². The summed E-state index contributed by atoms with van der Waals surface area (Å²) in [6, 6.07) is 11.6. The van der Waals surface area contributed by atoms with Crippen LogP contribution in [0.5, 0.6) is 0 Å². The Morgan fingerprint density at radius 2 is 1.78 bits per heavy atom. The van der Waals surface area contributed by atoms with E-state index in [-0.39, 0.29) is 30.8 Å². The second-order valence-corrected chi connectivity index (χ2v) is 9.10. The van der Waals surface area contributed by atoms with E-state index in [2.05, 4.69) is 5.32 Å². The molecule has 0 radical (unpaired) electrons. The van der Waals surface area contributed by atoms with Crippen LogP contribution in [0.3, 0.4) is 0 Å². The van der Waals surface area contributed by atoms with Gasteiger partial charge in [0.15, 0.2) is 0 Å². The summed E-state index contributed by atoms with van der Waals surface area (Å²) in [6.45, 7) is 0.00524. The fourth-order valence-corrected chi connectivity index (χ4v) is 5.41. The van der Waals surface area contributed by atoms with Gasteiger partial charge in [0.25, 0.3) is 5.91 Å². The van der Waals surface area contributed by atoms with E-state index >= 15 is 0 Å². The van der Waals surface area contributed by atoms with Gasteiger partial charge in [-0.2, -0.15) is 0 Å². The highest BCUT2D eigenvalue weighted by Gasteiger charge is 2.47. The number of carbonyl (C=O) groups is 3. The molecule has 2 amide bonds. The highest BCUT2D eigenvalue weighted by Crippen LogP contribution is 2.47. The number of aliphatic carboxylic acids is 1. The van der Waals surface area contributed by atoms with Crippen LogP contribution in [0.25, 0.3) is 0 Å². The smallest absolute Gasteiger partial charge is 0.305 e. The third-order valence-corrected chi connectivity index (χ3v) is 6.86.